The highest BCUT2D eigenvalue weighted by Gasteiger charge is 2.31. The van der Waals surface area contributed by atoms with Gasteiger partial charge in [0, 0.05) is 35.8 Å². The Morgan fingerprint density at radius 1 is 1.18 bits per heavy atom. The van der Waals surface area contributed by atoms with E-state index in [0.717, 1.165) is 28.4 Å². The highest BCUT2D eigenvalue weighted by atomic mass is 32.1. The predicted octanol–water partition coefficient (Wildman–Crippen LogP) is 3.96. The number of ketones is 1. The summed E-state index contributed by atoms with van der Waals surface area (Å²) >= 11 is 1.62. The van der Waals surface area contributed by atoms with Crippen LogP contribution in [0.25, 0.3) is 0 Å². The van der Waals surface area contributed by atoms with Crippen LogP contribution in [0.2, 0.25) is 0 Å². The number of rotatable bonds is 5. The van der Waals surface area contributed by atoms with Gasteiger partial charge in [-0.2, -0.15) is 0 Å². The molecule has 2 N–H and O–H groups in total. The minimum atomic E-state index is -0.681. The molecule has 178 valence electrons. The summed E-state index contributed by atoms with van der Waals surface area (Å²) in [6.45, 7) is 6.96. The zero-order chi connectivity index (χ0) is 24.7. The Hall–Kier alpha value is -3.33. The number of anilines is 1. The van der Waals surface area contributed by atoms with Crippen LogP contribution in [-0.2, 0) is 24.7 Å². The summed E-state index contributed by atoms with van der Waals surface area (Å²) in [5.41, 5.74) is 3.44. The molecule has 2 amide bonds. The van der Waals surface area contributed by atoms with Gasteiger partial charge in [-0.1, -0.05) is 0 Å². The Morgan fingerprint density at radius 2 is 1.91 bits per heavy atom. The molecule has 0 aliphatic heterocycles. The van der Waals surface area contributed by atoms with Gasteiger partial charge in [-0.05, 0) is 69.9 Å². The lowest BCUT2D eigenvalue weighted by Gasteiger charge is -2.22. The van der Waals surface area contributed by atoms with Crippen LogP contribution < -0.4 is 10.6 Å². The van der Waals surface area contributed by atoms with Crippen molar-refractivity contribution in [3.05, 3.63) is 67.7 Å². The van der Waals surface area contributed by atoms with E-state index in [0.29, 0.717) is 34.5 Å². The lowest BCUT2D eigenvalue weighted by atomic mass is 9.97. The minimum absolute atomic E-state index is 0.130. The maximum absolute atomic E-state index is 13.6. The van der Waals surface area contributed by atoms with Gasteiger partial charge in [0.2, 0.25) is 0 Å². The fourth-order valence-electron chi connectivity index (χ4n) is 4.54. The number of Topliss-reactive ketones (excluding diaryl/α,β-unsaturated/α-hetero) is 1. The number of fused-ring (bicyclic) bond motifs is 1. The van der Waals surface area contributed by atoms with E-state index in [-0.39, 0.29) is 17.6 Å². The molecule has 2 heterocycles. The average molecular weight is 483 g/mol. The van der Waals surface area contributed by atoms with E-state index in [9.17, 15) is 18.8 Å². The normalized spacial score (nSPS) is 15.1. The molecule has 0 unspecified atom stereocenters. The first kappa shape index (κ1) is 23.8. The number of carbonyl (C=O) groups is 3. The van der Waals surface area contributed by atoms with Crippen LogP contribution >= 0.6 is 11.3 Å². The molecule has 1 atom stereocenters. The fourth-order valence-corrected chi connectivity index (χ4v) is 5.60. The number of halogens is 1. The number of nitrogens with one attached hydrogen (secondary N) is 2. The van der Waals surface area contributed by atoms with Crippen molar-refractivity contribution >= 4 is 34.6 Å². The molecule has 0 bridgehead atoms. The minimum Gasteiger partial charge on any atom is -0.346 e. The second-order valence-electron chi connectivity index (χ2n) is 8.76. The Kier molecular flexibility index (Phi) is 6.40. The number of hydrogen-bond acceptors (Lipinski definition) is 5. The number of amides is 2. The topological polar surface area (TPSA) is 93.1 Å². The maximum Gasteiger partial charge on any atom is 0.294 e. The van der Waals surface area contributed by atoms with Gasteiger partial charge in [-0.15, -0.1) is 11.3 Å². The standard InChI is InChI=1S/C25H27FN4O3S/c1-12-10-16(6-8-18(12)26)28-24(32)21-13(2)22(30(5)14(21)3)23(31)25(33)29-17-7-9-19-20(11-17)34-15(4)27-19/h6,8,10,17H,7,9,11H2,1-5H3,(H,28,32)(H,29,33)/t17-/m1/s1. The third-order valence-corrected chi connectivity index (χ3v) is 7.41. The number of hydrogen-bond donors (Lipinski definition) is 2. The van der Waals surface area contributed by atoms with Gasteiger partial charge < -0.3 is 15.2 Å². The Labute approximate surface area is 201 Å². The molecule has 1 aliphatic rings. The summed E-state index contributed by atoms with van der Waals surface area (Å²) in [6.07, 6.45) is 2.16. The van der Waals surface area contributed by atoms with Gasteiger partial charge in [0.15, 0.2) is 0 Å². The highest BCUT2D eigenvalue weighted by Crippen LogP contribution is 2.27. The second-order valence-corrected chi connectivity index (χ2v) is 10.0. The third kappa shape index (κ3) is 4.40. The van der Waals surface area contributed by atoms with Gasteiger partial charge >= 0.3 is 0 Å². The molecule has 1 aromatic carbocycles. The van der Waals surface area contributed by atoms with Crippen molar-refractivity contribution < 1.29 is 18.8 Å². The molecule has 0 fully saturated rings. The van der Waals surface area contributed by atoms with Crippen LogP contribution in [0.4, 0.5) is 10.1 Å². The molecule has 0 saturated heterocycles. The quantitative estimate of drug-likeness (QED) is 0.425. The first-order valence-electron chi connectivity index (χ1n) is 11.1. The Balaban J connectivity index is 1.52. The van der Waals surface area contributed by atoms with Crippen molar-refractivity contribution in [1.29, 1.82) is 0 Å². The summed E-state index contributed by atoms with van der Waals surface area (Å²) < 4.78 is 15.1. The van der Waals surface area contributed by atoms with Gasteiger partial charge in [-0.25, -0.2) is 9.37 Å². The molecule has 9 heteroatoms. The van der Waals surface area contributed by atoms with Crippen molar-refractivity contribution in [2.75, 3.05) is 5.32 Å². The van der Waals surface area contributed by atoms with Crippen LogP contribution in [0.3, 0.4) is 0 Å². The molecule has 0 radical (unpaired) electrons. The summed E-state index contributed by atoms with van der Waals surface area (Å²) in [6, 6.07) is 4.18. The van der Waals surface area contributed by atoms with E-state index < -0.39 is 17.6 Å². The first-order chi connectivity index (χ1) is 16.1. The number of nitrogens with zero attached hydrogens (tertiary/aromatic N) is 2. The van der Waals surface area contributed by atoms with Crippen molar-refractivity contribution in [2.45, 2.75) is 53.0 Å². The van der Waals surface area contributed by atoms with Crippen molar-refractivity contribution in [3.63, 3.8) is 0 Å². The highest BCUT2D eigenvalue weighted by molar-refractivity contribution is 7.11. The molecule has 7 nitrogen and oxygen atoms in total. The van der Waals surface area contributed by atoms with E-state index in [1.165, 1.54) is 12.1 Å². The number of aryl methyl sites for hydroxylation is 3. The predicted molar refractivity (Wildman–Crippen MR) is 129 cm³/mol. The largest absolute Gasteiger partial charge is 0.346 e. The monoisotopic (exact) mass is 482 g/mol. The van der Waals surface area contributed by atoms with E-state index in [2.05, 4.69) is 15.6 Å². The zero-order valence-corrected chi connectivity index (χ0v) is 20.7. The second kappa shape index (κ2) is 9.13. The van der Waals surface area contributed by atoms with Crippen LogP contribution in [-0.4, -0.2) is 33.2 Å². The summed E-state index contributed by atoms with van der Waals surface area (Å²) in [5.74, 6) is -2.13. The molecule has 4 rings (SSSR count). The molecule has 34 heavy (non-hydrogen) atoms. The van der Waals surface area contributed by atoms with Crippen molar-refractivity contribution in [1.82, 2.24) is 14.9 Å². The number of thiazole rings is 1. The SMILES string of the molecule is Cc1nc2c(s1)C[C@H](NC(=O)C(=O)c1c(C)c(C(=O)Nc3ccc(F)c(C)c3)c(C)n1C)CC2. The number of carbonyl (C=O) groups excluding carboxylic acids is 3. The van der Waals surface area contributed by atoms with E-state index in [1.807, 2.05) is 6.92 Å². The first-order valence-corrected chi connectivity index (χ1v) is 11.9. The van der Waals surface area contributed by atoms with Crippen LogP contribution in [0, 0.1) is 33.5 Å². The molecular formula is C25H27FN4O3S. The number of aromatic nitrogens is 2. The fraction of sp³-hybridized carbons (Fsp3) is 0.360. The average Bonchev–Trinajstić information content (AvgIpc) is 3.25. The van der Waals surface area contributed by atoms with Gasteiger partial charge in [0.25, 0.3) is 17.6 Å². The Bertz CT molecular complexity index is 1320. The van der Waals surface area contributed by atoms with Crippen molar-refractivity contribution in [3.8, 4) is 0 Å². The lowest BCUT2D eigenvalue weighted by Crippen LogP contribution is -2.42. The molecule has 1 aliphatic carbocycles. The van der Waals surface area contributed by atoms with Crippen LogP contribution in [0.1, 0.15) is 59.7 Å². The summed E-state index contributed by atoms with van der Waals surface area (Å²) in [7, 11) is 1.66. The lowest BCUT2D eigenvalue weighted by molar-refractivity contribution is -0.117. The van der Waals surface area contributed by atoms with Gasteiger partial charge in [0.1, 0.15) is 5.82 Å². The van der Waals surface area contributed by atoms with Gasteiger partial charge in [0.05, 0.1) is 22.0 Å². The molecule has 0 saturated carbocycles. The number of benzene rings is 1. The van der Waals surface area contributed by atoms with Crippen LogP contribution in [0.15, 0.2) is 18.2 Å². The smallest absolute Gasteiger partial charge is 0.294 e. The van der Waals surface area contributed by atoms with Gasteiger partial charge in [-0.3, -0.25) is 14.4 Å². The van der Waals surface area contributed by atoms with E-state index >= 15 is 0 Å². The van der Waals surface area contributed by atoms with E-state index in [1.54, 1.807) is 49.8 Å². The zero-order valence-electron chi connectivity index (χ0n) is 19.8. The molecule has 2 aromatic heterocycles. The Morgan fingerprint density at radius 3 is 2.62 bits per heavy atom. The summed E-state index contributed by atoms with van der Waals surface area (Å²) in [4.78, 5) is 44.7. The van der Waals surface area contributed by atoms with Crippen molar-refractivity contribution in [2.24, 2.45) is 7.05 Å². The molecule has 0 spiro atoms. The maximum atomic E-state index is 13.6. The molecular weight excluding hydrogens is 455 g/mol. The summed E-state index contributed by atoms with van der Waals surface area (Å²) in [5, 5.41) is 6.63. The molecule has 3 aromatic rings. The van der Waals surface area contributed by atoms with E-state index in [4.69, 9.17) is 0 Å². The van der Waals surface area contributed by atoms with Crippen LogP contribution in [0.5, 0.6) is 0 Å². The third-order valence-electron chi connectivity index (χ3n) is 6.38.